The Morgan fingerprint density at radius 3 is 2.47 bits per heavy atom. The molecule has 38 heavy (non-hydrogen) atoms. The van der Waals surface area contributed by atoms with Crippen molar-refractivity contribution in [1.82, 2.24) is 10.2 Å². The van der Waals surface area contributed by atoms with Crippen LogP contribution in [0.15, 0.2) is 0 Å². The van der Waals surface area contributed by atoms with Crippen molar-refractivity contribution in [2.45, 2.75) is 119 Å². The van der Waals surface area contributed by atoms with Gasteiger partial charge in [-0.05, 0) is 52.7 Å². The quantitative estimate of drug-likeness (QED) is 0.333. The van der Waals surface area contributed by atoms with E-state index in [9.17, 15) is 24.9 Å². The fourth-order valence-corrected chi connectivity index (χ4v) is 6.69. The Hall–Kier alpha value is -0.820. The fourth-order valence-electron chi connectivity index (χ4n) is 5.80. The van der Waals surface area contributed by atoms with Gasteiger partial charge in [-0.1, -0.05) is 19.8 Å². The molecule has 12 heteroatoms. The van der Waals surface area contributed by atoms with Crippen LogP contribution in [-0.4, -0.2) is 111 Å². The van der Waals surface area contributed by atoms with Gasteiger partial charge in [0, 0.05) is 19.1 Å². The molecule has 10 nitrogen and oxygen atoms in total. The van der Waals surface area contributed by atoms with Gasteiger partial charge in [0.2, 0.25) is 5.91 Å². The Kier molecular flexibility index (Phi) is 11.0. The van der Waals surface area contributed by atoms with Crippen LogP contribution in [0, 0.1) is 11.8 Å². The van der Waals surface area contributed by atoms with E-state index in [2.05, 4.69) is 12.2 Å². The molecule has 3 aliphatic heterocycles. The van der Waals surface area contributed by atoms with Crippen molar-refractivity contribution < 1.29 is 39.1 Å². The second-order valence-corrected chi connectivity index (χ2v) is 13.4. The summed E-state index contributed by atoms with van der Waals surface area (Å²) in [5, 5.41) is 33.6. The summed E-state index contributed by atoms with van der Waals surface area (Å²) in [7, 11) is 0. The molecule has 3 rings (SSSR count). The van der Waals surface area contributed by atoms with Crippen molar-refractivity contribution in [2.75, 3.05) is 19.4 Å². The van der Waals surface area contributed by atoms with E-state index < -0.39 is 71.0 Å². The van der Waals surface area contributed by atoms with Gasteiger partial charge in [0.25, 0.3) is 0 Å². The summed E-state index contributed by atoms with van der Waals surface area (Å²) >= 11 is 7.66. The number of fused-ring (bicyclic) bond motifs is 1. The highest BCUT2D eigenvalue weighted by molar-refractivity contribution is 7.99. The average molecular weight is 581 g/mol. The zero-order valence-corrected chi connectivity index (χ0v) is 24.8. The predicted molar refractivity (Wildman–Crippen MR) is 145 cm³/mol. The molecule has 4 N–H and O–H groups in total. The summed E-state index contributed by atoms with van der Waals surface area (Å²) in [5.41, 5.74) is -1.56. The highest BCUT2D eigenvalue weighted by atomic mass is 35.5. The first-order chi connectivity index (χ1) is 17.8. The first-order valence-corrected chi connectivity index (χ1v) is 15.3. The van der Waals surface area contributed by atoms with Crippen LogP contribution < -0.4 is 5.32 Å². The molecule has 2 unspecified atom stereocenters. The second kappa shape index (κ2) is 13.2. The van der Waals surface area contributed by atoms with E-state index in [0.29, 0.717) is 19.1 Å². The van der Waals surface area contributed by atoms with Gasteiger partial charge >= 0.3 is 6.09 Å². The smallest absolute Gasteiger partial charge is 0.411 e. The van der Waals surface area contributed by atoms with Gasteiger partial charge in [-0.25, -0.2) is 4.79 Å². The molecule has 0 radical (unpaired) electrons. The van der Waals surface area contributed by atoms with Crippen LogP contribution in [0.5, 0.6) is 0 Å². The second-order valence-electron chi connectivity index (χ2n) is 11.7. The van der Waals surface area contributed by atoms with Gasteiger partial charge < -0.3 is 34.8 Å². The van der Waals surface area contributed by atoms with E-state index >= 15 is 0 Å². The third-order valence-electron chi connectivity index (χ3n) is 7.61. The molecule has 0 saturated carbocycles. The summed E-state index contributed by atoms with van der Waals surface area (Å²) in [6.45, 7) is 9.95. The van der Waals surface area contributed by atoms with Crippen molar-refractivity contribution in [3.63, 3.8) is 0 Å². The zero-order chi connectivity index (χ0) is 28.4. The Labute approximate surface area is 235 Å². The third kappa shape index (κ3) is 7.27. The minimum Gasteiger partial charge on any atom is -0.444 e. The molecule has 0 aromatic heterocycles. The van der Waals surface area contributed by atoms with E-state index in [4.69, 9.17) is 25.8 Å². The molecule has 3 saturated heterocycles. The van der Waals surface area contributed by atoms with Crippen molar-refractivity contribution in [3.05, 3.63) is 0 Å². The van der Waals surface area contributed by atoms with Gasteiger partial charge in [0.15, 0.2) is 0 Å². The van der Waals surface area contributed by atoms with E-state index in [0.717, 1.165) is 25.7 Å². The highest BCUT2D eigenvalue weighted by Crippen LogP contribution is 2.38. The molecule has 3 heterocycles. The van der Waals surface area contributed by atoms with Gasteiger partial charge in [0.1, 0.15) is 41.5 Å². The van der Waals surface area contributed by atoms with Crippen LogP contribution >= 0.6 is 23.4 Å². The lowest BCUT2D eigenvalue weighted by atomic mass is 9.87. The maximum Gasteiger partial charge on any atom is 0.411 e. The average Bonchev–Trinajstić information content (AvgIpc) is 3.07. The molecule has 3 fully saturated rings. The number of nitrogens with one attached hydrogen (secondary N) is 1. The van der Waals surface area contributed by atoms with Gasteiger partial charge in [-0.3, -0.25) is 9.69 Å². The van der Waals surface area contributed by atoms with Crippen molar-refractivity contribution in [1.29, 1.82) is 0 Å². The molecule has 2 amide bonds. The van der Waals surface area contributed by atoms with E-state index in [-0.39, 0.29) is 5.92 Å². The van der Waals surface area contributed by atoms with Crippen LogP contribution in [0.25, 0.3) is 0 Å². The molecular weight excluding hydrogens is 536 g/mol. The number of carbonyl (C=O) groups is 2. The van der Waals surface area contributed by atoms with Crippen LogP contribution in [0.4, 0.5) is 4.79 Å². The number of hydrogen-bond donors (Lipinski definition) is 4. The Morgan fingerprint density at radius 2 is 1.89 bits per heavy atom. The summed E-state index contributed by atoms with van der Waals surface area (Å²) in [4.78, 5) is 28.6. The number of nitrogens with zero attached hydrogens (tertiary/aromatic N) is 1. The minimum atomic E-state index is -1.48. The van der Waals surface area contributed by atoms with Crippen molar-refractivity contribution >= 4 is 35.4 Å². The number of aliphatic hydroxyl groups is 3. The van der Waals surface area contributed by atoms with Crippen LogP contribution in [0.1, 0.15) is 60.3 Å². The topological polar surface area (TPSA) is 138 Å². The molecule has 220 valence electrons. The predicted octanol–water partition coefficient (Wildman–Crippen LogP) is 2.10. The van der Waals surface area contributed by atoms with Crippen molar-refractivity contribution in [3.8, 4) is 0 Å². The SMILES string of the molecule is CCC[C@@H]1CCO[C@@H]2[C@@H](C1)CN(C(=O)OC(C)(C)C)[C@@H]2C(=O)N[C@H]([C@H](C)Cl)[C@H]1OC(SC)[C@H](O)[C@H](O)C1O. The summed E-state index contributed by atoms with van der Waals surface area (Å²) in [6, 6.07) is -1.88. The lowest BCUT2D eigenvalue weighted by Crippen LogP contribution is -2.65. The number of likely N-dealkylation sites (tertiary alicyclic amines) is 1. The van der Waals surface area contributed by atoms with Gasteiger partial charge in [0.05, 0.1) is 17.5 Å². The Bertz CT molecular complexity index is 813. The van der Waals surface area contributed by atoms with Crippen LogP contribution in [0.3, 0.4) is 0 Å². The number of ether oxygens (including phenoxy) is 3. The maximum absolute atomic E-state index is 13.9. The number of carbonyl (C=O) groups excluding carboxylic acids is 2. The first-order valence-electron chi connectivity index (χ1n) is 13.6. The van der Waals surface area contributed by atoms with E-state index in [1.165, 1.54) is 16.7 Å². The van der Waals surface area contributed by atoms with E-state index in [1.54, 1.807) is 34.0 Å². The third-order valence-corrected chi connectivity index (χ3v) is 8.73. The molecular formula is C26H45ClN2O8S. The van der Waals surface area contributed by atoms with Gasteiger partial charge in [-0.15, -0.1) is 23.4 Å². The Balaban J connectivity index is 1.87. The minimum absolute atomic E-state index is 0.0291. The maximum atomic E-state index is 13.9. The Morgan fingerprint density at radius 1 is 1.21 bits per heavy atom. The number of rotatable bonds is 7. The molecule has 0 aromatic rings. The van der Waals surface area contributed by atoms with Crippen LogP contribution in [0.2, 0.25) is 0 Å². The molecule has 0 spiro atoms. The standard InChI is InChI=1S/C26H45ClN2O8S/c1-7-8-14-9-10-35-21-15(11-14)12-29(25(34)37-26(3,4)5)17(21)23(33)28-16(13(2)27)22-19(31)18(30)20(32)24(36-22)38-6/h13-22,24,30-32H,7-12H2,1-6H3,(H,28,33)/t13-,14+,15-,16+,17-,18+,19?,20+,21+,22+,24?/m0/s1. The first kappa shape index (κ1) is 31.7. The molecule has 0 aliphatic carbocycles. The molecule has 0 bridgehead atoms. The monoisotopic (exact) mass is 580 g/mol. The number of amides is 2. The number of hydrogen-bond acceptors (Lipinski definition) is 9. The number of alkyl halides is 1. The summed E-state index contributed by atoms with van der Waals surface area (Å²) < 4.78 is 17.8. The largest absolute Gasteiger partial charge is 0.444 e. The molecule has 11 atom stereocenters. The number of thioether (sulfide) groups is 1. The lowest BCUT2D eigenvalue weighted by Gasteiger charge is -2.44. The normalized spacial score (nSPS) is 37.6. The molecule has 3 aliphatic rings. The summed E-state index contributed by atoms with van der Waals surface area (Å²) in [6.07, 6.45) is -0.877. The number of halogens is 1. The summed E-state index contributed by atoms with van der Waals surface area (Å²) in [5.74, 6) is -0.0689. The van der Waals surface area contributed by atoms with Gasteiger partial charge in [-0.2, -0.15) is 0 Å². The van der Waals surface area contributed by atoms with Crippen LogP contribution in [-0.2, 0) is 19.0 Å². The molecule has 0 aromatic carbocycles. The number of aliphatic hydroxyl groups excluding tert-OH is 3. The lowest BCUT2D eigenvalue weighted by molar-refractivity contribution is -0.205. The highest BCUT2D eigenvalue weighted by Gasteiger charge is 2.53. The van der Waals surface area contributed by atoms with Crippen molar-refractivity contribution in [2.24, 2.45) is 11.8 Å². The van der Waals surface area contributed by atoms with E-state index in [1.807, 2.05) is 0 Å². The zero-order valence-electron chi connectivity index (χ0n) is 23.2. The fraction of sp³-hybridized carbons (Fsp3) is 0.923.